The maximum atomic E-state index is 12.0. The van der Waals surface area contributed by atoms with E-state index in [9.17, 15) is 4.79 Å². The molecule has 4 heteroatoms. The van der Waals surface area contributed by atoms with Crippen LogP contribution in [0.25, 0.3) is 0 Å². The summed E-state index contributed by atoms with van der Waals surface area (Å²) in [5, 5.41) is 0. The van der Waals surface area contributed by atoms with Crippen molar-refractivity contribution in [2.24, 2.45) is 5.92 Å². The van der Waals surface area contributed by atoms with Crippen LogP contribution in [0.1, 0.15) is 18.4 Å². The first-order valence-electron chi connectivity index (χ1n) is 5.47. The standard InChI is InChI=1S/C12H16N2O2/c1-16-11(8-4-5-8)10(15)7-9-3-2-6-14-12(9)13/h2-3,6,8,11H,4-5,7H2,1H3,(H2,13,14). The Morgan fingerprint density at radius 3 is 3.00 bits per heavy atom. The van der Waals surface area contributed by atoms with Gasteiger partial charge in [-0.05, 0) is 24.8 Å². The number of nitrogens with two attached hydrogens (primary N) is 1. The van der Waals surface area contributed by atoms with Crippen LogP contribution in [0.4, 0.5) is 5.82 Å². The zero-order valence-electron chi connectivity index (χ0n) is 9.35. The number of carbonyl (C=O) groups is 1. The monoisotopic (exact) mass is 220 g/mol. The minimum atomic E-state index is -0.264. The Morgan fingerprint density at radius 1 is 1.69 bits per heavy atom. The van der Waals surface area contributed by atoms with E-state index in [0.29, 0.717) is 18.2 Å². The van der Waals surface area contributed by atoms with Crippen molar-refractivity contribution in [1.82, 2.24) is 4.98 Å². The maximum absolute atomic E-state index is 12.0. The Balaban J connectivity index is 2.03. The zero-order chi connectivity index (χ0) is 11.5. The molecule has 1 fully saturated rings. The molecule has 4 nitrogen and oxygen atoms in total. The average molecular weight is 220 g/mol. The number of hydrogen-bond acceptors (Lipinski definition) is 4. The molecule has 0 aromatic carbocycles. The summed E-state index contributed by atoms with van der Waals surface area (Å²) in [6.45, 7) is 0. The number of ether oxygens (including phenoxy) is 1. The third-order valence-electron chi connectivity index (χ3n) is 2.91. The summed E-state index contributed by atoms with van der Waals surface area (Å²) >= 11 is 0. The summed E-state index contributed by atoms with van der Waals surface area (Å²) in [6.07, 6.45) is 3.85. The summed E-state index contributed by atoms with van der Waals surface area (Å²) < 4.78 is 5.24. The van der Waals surface area contributed by atoms with Crippen molar-refractivity contribution >= 4 is 11.6 Å². The Morgan fingerprint density at radius 2 is 2.44 bits per heavy atom. The zero-order valence-corrected chi connectivity index (χ0v) is 9.35. The fourth-order valence-corrected chi connectivity index (χ4v) is 1.87. The summed E-state index contributed by atoms with van der Waals surface area (Å²) in [4.78, 5) is 15.9. The first kappa shape index (κ1) is 11.1. The number of anilines is 1. The third-order valence-corrected chi connectivity index (χ3v) is 2.91. The van der Waals surface area contributed by atoms with Crippen molar-refractivity contribution < 1.29 is 9.53 Å². The number of nitrogens with zero attached hydrogens (tertiary/aromatic N) is 1. The van der Waals surface area contributed by atoms with E-state index in [4.69, 9.17) is 10.5 Å². The summed E-state index contributed by atoms with van der Waals surface area (Å²) in [5.41, 5.74) is 6.49. The van der Waals surface area contributed by atoms with Gasteiger partial charge in [-0.1, -0.05) is 6.07 Å². The van der Waals surface area contributed by atoms with Gasteiger partial charge in [-0.25, -0.2) is 4.98 Å². The Kier molecular flexibility index (Phi) is 3.19. The predicted octanol–water partition coefficient (Wildman–Crippen LogP) is 1.20. The molecule has 1 saturated carbocycles. The molecule has 0 aliphatic heterocycles. The van der Waals surface area contributed by atoms with Gasteiger partial charge in [0, 0.05) is 25.3 Å². The molecular formula is C12H16N2O2. The van der Waals surface area contributed by atoms with Crippen molar-refractivity contribution in [2.75, 3.05) is 12.8 Å². The van der Waals surface area contributed by atoms with Crippen molar-refractivity contribution in [2.45, 2.75) is 25.4 Å². The molecule has 1 aromatic rings. The first-order valence-corrected chi connectivity index (χ1v) is 5.47. The Hall–Kier alpha value is -1.42. The minimum Gasteiger partial charge on any atom is -0.383 e. The highest BCUT2D eigenvalue weighted by molar-refractivity contribution is 5.86. The van der Waals surface area contributed by atoms with Gasteiger partial charge in [-0.2, -0.15) is 0 Å². The number of ketones is 1. The fraction of sp³-hybridized carbons (Fsp3) is 0.500. The van der Waals surface area contributed by atoms with Crippen LogP contribution in [0, 0.1) is 5.92 Å². The highest BCUT2D eigenvalue weighted by Gasteiger charge is 2.36. The average Bonchev–Trinajstić information content (AvgIpc) is 3.07. The number of methoxy groups -OCH3 is 1. The number of Topliss-reactive ketones (excluding diaryl/α,β-unsaturated/α-hetero) is 1. The van der Waals surface area contributed by atoms with Crippen LogP contribution in [-0.4, -0.2) is 24.0 Å². The van der Waals surface area contributed by atoms with E-state index in [1.165, 1.54) is 0 Å². The second-order valence-corrected chi connectivity index (χ2v) is 4.18. The SMILES string of the molecule is COC(C(=O)Cc1cccnc1N)C1CC1. The topological polar surface area (TPSA) is 65.2 Å². The van der Waals surface area contributed by atoms with Crippen LogP contribution in [-0.2, 0) is 16.0 Å². The lowest BCUT2D eigenvalue weighted by molar-refractivity contribution is -0.129. The molecule has 0 radical (unpaired) electrons. The molecule has 2 rings (SSSR count). The van der Waals surface area contributed by atoms with Crippen LogP contribution in [0.5, 0.6) is 0 Å². The lowest BCUT2D eigenvalue weighted by Crippen LogP contribution is -2.27. The van der Waals surface area contributed by atoms with Crippen LogP contribution >= 0.6 is 0 Å². The van der Waals surface area contributed by atoms with Crippen LogP contribution in [0.15, 0.2) is 18.3 Å². The molecule has 1 aromatic heterocycles. The number of hydrogen-bond donors (Lipinski definition) is 1. The van der Waals surface area contributed by atoms with Gasteiger partial charge in [0.25, 0.3) is 0 Å². The first-order chi connectivity index (χ1) is 7.72. The van der Waals surface area contributed by atoms with Gasteiger partial charge >= 0.3 is 0 Å². The van der Waals surface area contributed by atoms with Crippen molar-refractivity contribution in [3.63, 3.8) is 0 Å². The van der Waals surface area contributed by atoms with Gasteiger partial charge in [0.2, 0.25) is 0 Å². The van der Waals surface area contributed by atoms with E-state index in [-0.39, 0.29) is 11.9 Å². The van der Waals surface area contributed by atoms with Crippen molar-refractivity contribution in [3.05, 3.63) is 23.9 Å². The molecule has 1 atom stereocenters. The number of pyridine rings is 1. The molecule has 0 spiro atoms. The molecule has 1 aliphatic rings. The van der Waals surface area contributed by atoms with E-state index in [2.05, 4.69) is 4.98 Å². The van der Waals surface area contributed by atoms with Gasteiger partial charge < -0.3 is 10.5 Å². The molecule has 0 bridgehead atoms. The summed E-state index contributed by atoms with van der Waals surface area (Å²) in [7, 11) is 1.59. The second-order valence-electron chi connectivity index (χ2n) is 4.18. The lowest BCUT2D eigenvalue weighted by Gasteiger charge is -2.13. The second kappa shape index (κ2) is 4.61. The number of aromatic nitrogens is 1. The smallest absolute Gasteiger partial charge is 0.166 e. The number of nitrogen functional groups attached to an aromatic ring is 1. The molecule has 16 heavy (non-hydrogen) atoms. The molecule has 1 heterocycles. The molecule has 1 unspecified atom stereocenters. The van der Waals surface area contributed by atoms with Crippen molar-refractivity contribution in [3.8, 4) is 0 Å². The number of rotatable bonds is 5. The molecule has 0 amide bonds. The van der Waals surface area contributed by atoms with E-state index < -0.39 is 0 Å². The summed E-state index contributed by atoms with van der Waals surface area (Å²) in [5.74, 6) is 0.946. The Bertz CT molecular complexity index is 388. The largest absolute Gasteiger partial charge is 0.383 e. The third kappa shape index (κ3) is 2.39. The van der Waals surface area contributed by atoms with Gasteiger partial charge in [0.1, 0.15) is 11.9 Å². The van der Waals surface area contributed by atoms with E-state index >= 15 is 0 Å². The van der Waals surface area contributed by atoms with Crippen molar-refractivity contribution in [1.29, 1.82) is 0 Å². The van der Waals surface area contributed by atoms with E-state index in [1.54, 1.807) is 19.4 Å². The van der Waals surface area contributed by atoms with Crippen LogP contribution in [0.2, 0.25) is 0 Å². The fourth-order valence-electron chi connectivity index (χ4n) is 1.87. The molecule has 1 aliphatic carbocycles. The van der Waals surface area contributed by atoms with Gasteiger partial charge in [0.05, 0.1) is 0 Å². The molecular weight excluding hydrogens is 204 g/mol. The minimum absolute atomic E-state index is 0.102. The lowest BCUT2D eigenvalue weighted by atomic mass is 10.0. The highest BCUT2D eigenvalue weighted by Crippen LogP contribution is 2.35. The number of carbonyl (C=O) groups excluding carboxylic acids is 1. The van der Waals surface area contributed by atoms with E-state index in [0.717, 1.165) is 18.4 Å². The maximum Gasteiger partial charge on any atom is 0.166 e. The van der Waals surface area contributed by atoms with Gasteiger partial charge in [-0.15, -0.1) is 0 Å². The highest BCUT2D eigenvalue weighted by atomic mass is 16.5. The van der Waals surface area contributed by atoms with Gasteiger partial charge in [-0.3, -0.25) is 4.79 Å². The molecule has 2 N–H and O–H groups in total. The van der Waals surface area contributed by atoms with Crippen LogP contribution < -0.4 is 5.73 Å². The normalized spacial score (nSPS) is 17.1. The molecule has 86 valence electrons. The Labute approximate surface area is 94.8 Å². The molecule has 0 saturated heterocycles. The predicted molar refractivity (Wildman–Crippen MR) is 60.9 cm³/mol. The van der Waals surface area contributed by atoms with Crippen LogP contribution in [0.3, 0.4) is 0 Å². The van der Waals surface area contributed by atoms with E-state index in [1.807, 2.05) is 6.07 Å². The quantitative estimate of drug-likeness (QED) is 0.809. The van der Waals surface area contributed by atoms with Gasteiger partial charge in [0.15, 0.2) is 5.78 Å². The summed E-state index contributed by atoms with van der Waals surface area (Å²) in [6, 6.07) is 3.62.